The van der Waals surface area contributed by atoms with Crippen LogP contribution in [0.25, 0.3) is 34.1 Å². The third-order valence-corrected chi connectivity index (χ3v) is 8.00. The summed E-state index contributed by atoms with van der Waals surface area (Å²) in [7, 11) is 0. The van der Waals surface area contributed by atoms with E-state index in [1.54, 1.807) is 0 Å². The molecule has 4 aromatic carbocycles. The van der Waals surface area contributed by atoms with E-state index < -0.39 is 0 Å². The second-order valence-electron chi connectivity index (χ2n) is 10.1. The lowest BCUT2D eigenvalue weighted by Gasteiger charge is -2.30. The normalized spacial score (nSPS) is 19.3. The predicted molar refractivity (Wildman–Crippen MR) is 152 cm³/mol. The van der Waals surface area contributed by atoms with Crippen LogP contribution in [0.3, 0.4) is 0 Å². The molecule has 7 rings (SSSR count). The van der Waals surface area contributed by atoms with Crippen LogP contribution in [-0.4, -0.2) is 5.78 Å². The number of carbonyl (C=O) groups is 1. The van der Waals surface area contributed by atoms with Gasteiger partial charge in [-0.05, 0) is 68.5 Å². The summed E-state index contributed by atoms with van der Waals surface area (Å²) in [6.45, 7) is 0. The number of Topliss-reactive ketones (excluding diaryl/α,β-unsaturated/α-hetero) is 1. The zero-order valence-electron chi connectivity index (χ0n) is 20.5. The molecule has 4 aromatic rings. The van der Waals surface area contributed by atoms with Gasteiger partial charge in [0.2, 0.25) is 0 Å². The molecule has 0 bridgehead atoms. The fraction of sp³-hybridized carbons (Fsp3) is 0.114. The van der Waals surface area contributed by atoms with Crippen molar-refractivity contribution in [3.05, 3.63) is 142 Å². The highest BCUT2D eigenvalue weighted by Gasteiger charge is 2.31. The Morgan fingerprint density at radius 3 is 2.62 bits per heavy atom. The average Bonchev–Trinajstić information content (AvgIpc) is 3.25. The number of allylic oxidation sites excluding steroid dienone is 5. The Morgan fingerprint density at radius 2 is 1.65 bits per heavy atom. The quantitative estimate of drug-likeness (QED) is 0.358. The minimum atomic E-state index is -0.209. The fourth-order valence-corrected chi connectivity index (χ4v) is 6.23. The smallest absolute Gasteiger partial charge is 0.170 e. The lowest BCUT2D eigenvalue weighted by atomic mass is 9.75. The van der Waals surface area contributed by atoms with Gasteiger partial charge in [-0.1, -0.05) is 103 Å². The predicted octanol–water partition coefficient (Wildman–Crippen LogP) is 6.17. The van der Waals surface area contributed by atoms with E-state index in [0.29, 0.717) is 0 Å². The standard InChI is InChI=1S/C35H27NO/c37-35(31-14-8-11-23-9-3-6-13-27(23)31)25-21-32-29-17-16-24-10-4-5-12-26(24)28(29)18-19-30(32)33(22-25)34-15-2-1-7-20-36-34/h1-15,17-21,25,33,36H,16,22H2. The van der Waals surface area contributed by atoms with Gasteiger partial charge in [0.15, 0.2) is 5.78 Å². The monoisotopic (exact) mass is 477 g/mol. The number of benzene rings is 4. The maximum atomic E-state index is 14.2. The first-order valence-electron chi connectivity index (χ1n) is 13.0. The van der Waals surface area contributed by atoms with Crippen molar-refractivity contribution >= 4 is 28.7 Å². The number of ketones is 1. The van der Waals surface area contributed by atoms with Crippen LogP contribution in [-0.2, 0) is 6.42 Å². The minimum absolute atomic E-state index is 0.104. The maximum absolute atomic E-state index is 14.2. The average molecular weight is 478 g/mol. The lowest BCUT2D eigenvalue weighted by Crippen LogP contribution is -2.40. The molecule has 178 valence electrons. The van der Waals surface area contributed by atoms with Gasteiger partial charge < -0.3 is 5.32 Å². The molecule has 1 N–H and O–H groups in total. The van der Waals surface area contributed by atoms with Gasteiger partial charge in [0.25, 0.3) is 0 Å². The molecule has 0 radical (unpaired) electrons. The van der Waals surface area contributed by atoms with Gasteiger partial charge in [-0.3, -0.25) is 4.79 Å². The van der Waals surface area contributed by atoms with E-state index in [9.17, 15) is 4.79 Å². The Labute approximate surface area is 216 Å². The zero-order chi connectivity index (χ0) is 24.8. The van der Waals surface area contributed by atoms with Gasteiger partial charge in [0, 0.05) is 29.3 Å². The molecule has 0 saturated carbocycles. The highest BCUT2D eigenvalue weighted by molar-refractivity contribution is 6.11. The van der Waals surface area contributed by atoms with Crippen molar-refractivity contribution in [1.82, 2.24) is 5.32 Å². The number of carbonyl (C=O) groups excluding carboxylic acids is 1. The molecular formula is C35H27NO. The summed E-state index contributed by atoms with van der Waals surface area (Å²) in [4.78, 5) is 14.2. The molecule has 3 aliphatic rings. The van der Waals surface area contributed by atoms with Crippen molar-refractivity contribution in [3.8, 4) is 11.1 Å². The van der Waals surface area contributed by atoms with E-state index in [1.165, 1.54) is 32.7 Å². The first-order chi connectivity index (χ1) is 18.3. The van der Waals surface area contributed by atoms with Crippen LogP contribution in [0.15, 0.2) is 115 Å². The van der Waals surface area contributed by atoms with Gasteiger partial charge in [-0.25, -0.2) is 0 Å². The summed E-state index contributed by atoms with van der Waals surface area (Å²) in [6, 6.07) is 27.5. The van der Waals surface area contributed by atoms with Crippen LogP contribution in [0.2, 0.25) is 0 Å². The number of hydrogen-bond acceptors (Lipinski definition) is 2. The molecule has 2 unspecified atom stereocenters. The molecule has 2 atom stereocenters. The zero-order valence-corrected chi connectivity index (χ0v) is 20.5. The van der Waals surface area contributed by atoms with Crippen molar-refractivity contribution in [1.29, 1.82) is 0 Å². The van der Waals surface area contributed by atoms with Crippen LogP contribution in [0, 0.1) is 5.92 Å². The van der Waals surface area contributed by atoms with Crippen LogP contribution in [0.4, 0.5) is 0 Å². The van der Waals surface area contributed by atoms with E-state index in [1.807, 2.05) is 42.6 Å². The van der Waals surface area contributed by atoms with Gasteiger partial charge in [0.05, 0.1) is 0 Å². The molecule has 37 heavy (non-hydrogen) atoms. The van der Waals surface area contributed by atoms with Gasteiger partial charge in [-0.15, -0.1) is 0 Å². The Kier molecular flexibility index (Phi) is 5.25. The molecular weight excluding hydrogens is 450 g/mol. The Hall–Kier alpha value is -4.43. The van der Waals surface area contributed by atoms with Gasteiger partial charge in [-0.2, -0.15) is 0 Å². The summed E-state index contributed by atoms with van der Waals surface area (Å²) >= 11 is 0. The lowest BCUT2D eigenvalue weighted by molar-refractivity contribution is 0.0945. The summed E-state index contributed by atoms with van der Waals surface area (Å²) in [5, 5.41) is 8.10. The molecule has 0 amide bonds. The van der Waals surface area contributed by atoms with Crippen molar-refractivity contribution in [2.75, 3.05) is 0 Å². The molecule has 2 aliphatic carbocycles. The summed E-state index contributed by atoms with van der Waals surface area (Å²) in [6.07, 6.45) is 16.5. The third kappa shape index (κ3) is 3.68. The molecule has 0 spiro atoms. The molecule has 0 fully saturated rings. The van der Waals surface area contributed by atoms with E-state index in [4.69, 9.17) is 0 Å². The van der Waals surface area contributed by atoms with E-state index in [0.717, 1.165) is 34.9 Å². The van der Waals surface area contributed by atoms with Crippen LogP contribution < -0.4 is 15.8 Å². The van der Waals surface area contributed by atoms with Gasteiger partial charge >= 0.3 is 0 Å². The van der Waals surface area contributed by atoms with E-state index >= 15 is 0 Å². The molecule has 0 saturated heterocycles. The Morgan fingerprint density at radius 1 is 0.784 bits per heavy atom. The Bertz CT molecular complexity index is 1780. The number of nitrogens with one attached hydrogen (secondary N) is 1. The molecule has 2 nitrogen and oxygen atoms in total. The third-order valence-electron chi connectivity index (χ3n) is 8.00. The number of rotatable bonds is 3. The fourth-order valence-electron chi connectivity index (χ4n) is 6.23. The minimum Gasteiger partial charge on any atom is -0.364 e. The summed E-state index contributed by atoms with van der Waals surface area (Å²) in [5.41, 5.74) is 7.15. The highest BCUT2D eigenvalue weighted by atomic mass is 16.1. The molecule has 0 aromatic heterocycles. The van der Waals surface area contributed by atoms with Crippen molar-refractivity contribution in [3.63, 3.8) is 0 Å². The van der Waals surface area contributed by atoms with Crippen LogP contribution in [0.1, 0.15) is 33.8 Å². The summed E-state index contributed by atoms with van der Waals surface area (Å²) < 4.78 is 0. The molecule has 1 heterocycles. The SMILES string of the molecule is O=C(c1cccc2ccccc12)C1C=c2c(ccc3c2=CCc2ccccc2-3)C(C2=CC=CC=CN2)C1. The largest absolute Gasteiger partial charge is 0.364 e. The topological polar surface area (TPSA) is 29.1 Å². The number of hydrogen-bond donors (Lipinski definition) is 1. The summed E-state index contributed by atoms with van der Waals surface area (Å²) in [5.74, 6) is 0.0908. The Balaban J connectivity index is 1.43. The van der Waals surface area contributed by atoms with E-state index in [2.05, 4.69) is 84.2 Å². The van der Waals surface area contributed by atoms with E-state index in [-0.39, 0.29) is 17.6 Å². The van der Waals surface area contributed by atoms with Crippen molar-refractivity contribution in [2.45, 2.75) is 18.8 Å². The first-order valence-corrected chi connectivity index (χ1v) is 13.0. The van der Waals surface area contributed by atoms with Crippen LogP contribution in [0.5, 0.6) is 0 Å². The van der Waals surface area contributed by atoms with Gasteiger partial charge in [0.1, 0.15) is 0 Å². The highest BCUT2D eigenvalue weighted by Crippen LogP contribution is 2.36. The number of fused-ring (bicyclic) bond motifs is 6. The molecule has 2 heteroatoms. The van der Waals surface area contributed by atoms with Crippen LogP contribution >= 0.6 is 0 Å². The van der Waals surface area contributed by atoms with Crippen molar-refractivity contribution in [2.24, 2.45) is 5.92 Å². The second kappa shape index (κ2) is 8.90. The van der Waals surface area contributed by atoms with Crippen molar-refractivity contribution < 1.29 is 4.79 Å². The second-order valence-corrected chi connectivity index (χ2v) is 10.1. The molecule has 1 aliphatic heterocycles. The maximum Gasteiger partial charge on any atom is 0.170 e. The first kappa shape index (κ1) is 21.8.